The van der Waals surface area contributed by atoms with Crippen LogP contribution in [0.2, 0.25) is 0 Å². The summed E-state index contributed by atoms with van der Waals surface area (Å²) in [5.41, 5.74) is 0. The predicted molar refractivity (Wildman–Crippen MR) is 51.0 cm³/mol. The van der Waals surface area contributed by atoms with Crippen molar-refractivity contribution in [2.24, 2.45) is 0 Å². The van der Waals surface area contributed by atoms with Gasteiger partial charge in [0.1, 0.15) is 4.84 Å². The van der Waals surface area contributed by atoms with E-state index in [0.29, 0.717) is 19.3 Å². The molecule has 1 atom stereocenters. The number of hydrogen-bond donors (Lipinski definition) is 0. The van der Waals surface area contributed by atoms with Crippen molar-refractivity contribution in [3.63, 3.8) is 0 Å². The predicted octanol–water partition coefficient (Wildman–Crippen LogP) is 2.74. The topological polar surface area (TPSA) is 26.3 Å². The lowest BCUT2D eigenvalue weighted by Crippen LogP contribution is -2.08. The van der Waals surface area contributed by atoms with Gasteiger partial charge < -0.3 is 4.74 Å². The molecule has 0 saturated carbocycles. The first kappa shape index (κ1) is 12.3. The summed E-state index contributed by atoms with van der Waals surface area (Å²) in [4.78, 5) is 10.2. The van der Waals surface area contributed by atoms with Gasteiger partial charge in [-0.3, -0.25) is 4.79 Å². The van der Waals surface area contributed by atoms with Crippen molar-refractivity contribution in [3.05, 3.63) is 0 Å². The molecule has 72 valence electrons. The lowest BCUT2D eigenvalue weighted by Gasteiger charge is -2.07. The zero-order chi connectivity index (χ0) is 9.56. The fourth-order valence-corrected chi connectivity index (χ4v) is 1.59. The summed E-state index contributed by atoms with van der Waals surface area (Å²) in [6, 6.07) is 0. The molecule has 1 unspecified atom stereocenters. The minimum absolute atomic E-state index is 0.163. The second-order valence-electron chi connectivity index (χ2n) is 2.34. The number of alkyl halides is 3. The van der Waals surface area contributed by atoms with E-state index in [4.69, 9.17) is 34.8 Å². The summed E-state index contributed by atoms with van der Waals surface area (Å²) < 4.78 is 4.44. The first-order valence-corrected chi connectivity index (χ1v) is 4.86. The Morgan fingerprint density at radius 1 is 1.42 bits per heavy atom. The van der Waals surface area contributed by atoms with Crippen molar-refractivity contribution in [1.82, 2.24) is 0 Å². The number of methoxy groups -OCH3 is 1. The van der Waals surface area contributed by atoms with Gasteiger partial charge in [0.2, 0.25) is 0 Å². The summed E-state index contributed by atoms with van der Waals surface area (Å²) in [7, 11) is 1.34. The van der Waals surface area contributed by atoms with Gasteiger partial charge in [-0.25, -0.2) is 0 Å². The number of ether oxygens (including phenoxy) is 1. The molecular weight excluding hydrogens is 222 g/mol. The van der Waals surface area contributed by atoms with E-state index in [2.05, 4.69) is 4.74 Å². The molecule has 0 fully saturated rings. The Balaban J connectivity index is 3.43. The van der Waals surface area contributed by atoms with Crippen molar-refractivity contribution in [1.29, 1.82) is 0 Å². The number of carbonyl (C=O) groups is 1. The molecule has 0 aromatic rings. The average molecular weight is 234 g/mol. The molecule has 0 amide bonds. The maximum atomic E-state index is 10.7. The third-order valence-corrected chi connectivity index (χ3v) is 2.08. The highest BCUT2D eigenvalue weighted by Crippen LogP contribution is 2.18. The molecule has 0 rings (SSSR count). The zero-order valence-corrected chi connectivity index (χ0v) is 8.99. The van der Waals surface area contributed by atoms with Crippen molar-refractivity contribution in [2.75, 3.05) is 7.11 Å². The third kappa shape index (κ3) is 7.01. The van der Waals surface area contributed by atoms with Gasteiger partial charge in [-0.2, -0.15) is 0 Å². The third-order valence-electron chi connectivity index (χ3n) is 1.32. The van der Waals surface area contributed by atoms with Gasteiger partial charge in [-0.05, 0) is 12.8 Å². The smallest absolute Gasteiger partial charge is 0.305 e. The van der Waals surface area contributed by atoms with Crippen LogP contribution in [-0.2, 0) is 9.53 Å². The molecule has 0 bridgehead atoms. The van der Waals surface area contributed by atoms with Gasteiger partial charge in [0.05, 0.1) is 7.11 Å². The van der Waals surface area contributed by atoms with E-state index in [0.717, 1.165) is 0 Å². The van der Waals surface area contributed by atoms with Crippen molar-refractivity contribution >= 4 is 40.8 Å². The largest absolute Gasteiger partial charge is 0.469 e. The minimum atomic E-state index is -0.467. The molecule has 0 radical (unpaired) electrons. The molecule has 0 saturated heterocycles. The Kier molecular flexibility index (Phi) is 7.01. The Morgan fingerprint density at radius 3 is 2.42 bits per heavy atom. The molecule has 0 N–H and O–H groups in total. The maximum absolute atomic E-state index is 10.7. The van der Waals surface area contributed by atoms with Crippen LogP contribution in [0.25, 0.3) is 0 Å². The molecular formula is C7H11Cl3O2. The van der Waals surface area contributed by atoms with E-state index >= 15 is 0 Å². The highest BCUT2D eigenvalue weighted by atomic mass is 35.5. The molecule has 12 heavy (non-hydrogen) atoms. The van der Waals surface area contributed by atoms with Gasteiger partial charge in [-0.1, -0.05) is 0 Å². The summed E-state index contributed by atoms with van der Waals surface area (Å²) in [6.45, 7) is 0. The fourth-order valence-electron chi connectivity index (χ4n) is 0.688. The number of carbonyl (C=O) groups excluding carboxylic acids is 1. The molecule has 0 heterocycles. The Hall–Kier alpha value is 0.340. The molecule has 0 aromatic heterocycles. The second kappa shape index (κ2) is 6.81. The summed E-state index contributed by atoms with van der Waals surface area (Å²) >= 11 is 16.8. The van der Waals surface area contributed by atoms with Crippen LogP contribution in [0, 0.1) is 0 Å². The standard InChI is InChI=1S/C7H11Cl3O2/c1-12-7(11)3-2-5(8)4-6(9)10/h5-6H,2-4H2,1H3. The second-order valence-corrected chi connectivity index (χ2v) is 4.23. The summed E-state index contributed by atoms with van der Waals surface area (Å²) in [6.07, 6.45) is 1.34. The Bertz CT molecular complexity index is 139. The van der Waals surface area contributed by atoms with E-state index in [9.17, 15) is 4.79 Å². The van der Waals surface area contributed by atoms with Crippen LogP contribution < -0.4 is 0 Å². The number of esters is 1. The van der Waals surface area contributed by atoms with Gasteiger partial charge in [0.25, 0.3) is 0 Å². The van der Waals surface area contributed by atoms with E-state index in [1.807, 2.05) is 0 Å². The number of halogens is 3. The monoisotopic (exact) mass is 232 g/mol. The van der Waals surface area contributed by atoms with Crippen molar-refractivity contribution < 1.29 is 9.53 Å². The van der Waals surface area contributed by atoms with Gasteiger partial charge in [-0.15, -0.1) is 34.8 Å². The molecule has 0 aliphatic rings. The average Bonchev–Trinajstić information content (AvgIpc) is 1.99. The normalized spacial score (nSPS) is 13.1. The first-order chi connectivity index (χ1) is 5.56. The SMILES string of the molecule is COC(=O)CCC(Cl)CC(Cl)Cl. The highest BCUT2D eigenvalue weighted by molar-refractivity contribution is 6.44. The van der Waals surface area contributed by atoms with Gasteiger partial charge in [0.15, 0.2) is 0 Å². The molecule has 0 aliphatic heterocycles. The number of hydrogen-bond acceptors (Lipinski definition) is 2. The van der Waals surface area contributed by atoms with Gasteiger partial charge >= 0.3 is 5.97 Å². The fraction of sp³-hybridized carbons (Fsp3) is 0.857. The van der Waals surface area contributed by atoms with Gasteiger partial charge in [0, 0.05) is 11.8 Å². The van der Waals surface area contributed by atoms with Crippen LogP contribution >= 0.6 is 34.8 Å². The Morgan fingerprint density at radius 2 is 2.00 bits per heavy atom. The minimum Gasteiger partial charge on any atom is -0.469 e. The molecule has 2 nitrogen and oxygen atoms in total. The van der Waals surface area contributed by atoms with Crippen LogP contribution in [-0.4, -0.2) is 23.3 Å². The lowest BCUT2D eigenvalue weighted by atomic mass is 10.2. The molecule has 0 spiro atoms. The van der Waals surface area contributed by atoms with Crippen molar-refractivity contribution in [3.8, 4) is 0 Å². The van der Waals surface area contributed by atoms with E-state index in [1.165, 1.54) is 7.11 Å². The van der Waals surface area contributed by atoms with E-state index in [-0.39, 0.29) is 11.3 Å². The quantitative estimate of drug-likeness (QED) is 0.539. The summed E-state index contributed by atoms with van der Waals surface area (Å²) in [5.74, 6) is -0.263. The first-order valence-electron chi connectivity index (χ1n) is 3.55. The van der Waals surface area contributed by atoms with Crippen LogP contribution in [0.5, 0.6) is 0 Å². The Labute approximate surface area is 87.1 Å². The molecule has 0 aliphatic carbocycles. The van der Waals surface area contributed by atoms with Crippen LogP contribution in [0.1, 0.15) is 19.3 Å². The lowest BCUT2D eigenvalue weighted by molar-refractivity contribution is -0.140. The number of rotatable bonds is 5. The molecule has 5 heteroatoms. The van der Waals surface area contributed by atoms with Crippen LogP contribution in [0.15, 0.2) is 0 Å². The van der Waals surface area contributed by atoms with E-state index in [1.54, 1.807) is 0 Å². The summed E-state index contributed by atoms with van der Waals surface area (Å²) in [5, 5.41) is -0.163. The van der Waals surface area contributed by atoms with E-state index < -0.39 is 4.84 Å². The van der Waals surface area contributed by atoms with Crippen LogP contribution in [0.4, 0.5) is 0 Å². The maximum Gasteiger partial charge on any atom is 0.305 e. The molecule has 0 aromatic carbocycles. The van der Waals surface area contributed by atoms with Crippen molar-refractivity contribution in [2.45, 2.75) is 29.5 Å². The van der Waals surface area contributed by atoms with Crippen LogP contribution in [0.3, 0.4) is 0 Å². The highest BCUT2D eigenvalue weighted by Gasteiger charge is 2.11. The zero-order valence-electron chi connectivity index (χ0n) is 6.73.